The predicted octanol–water partition coefficient (Wildman–Crippen LogP) is 1.85. The van der Waals surface area contributed by atoms with Crippen LogP contribution < -0.4 is 5.73 Å². The van der Waals surface area contributed by atoms with E-state index in [1.807, 2.05) is 29.2 Å². The van der Waals surface area contributed by atoms with Crippen molar-refractivity contribution in [2.45, 2.75) is 38.3 Å². The molecule has 2 saturated heterocycles. The molecule has 1 atom stereocenters. The average Bonchev–Trinajstić information content (AvgIpc) is 3.09. The van der Waals surface area contributed by atoms with Gasteiger partial charge in [-0.2, -0.15) is 0 Å². The number of carbonyl (C=O) groups excluding carboxylic acids is 1. The van der Waals surface area contributed by atoms with Crippen molar-refractivity contribution in [3.8, 4) is 0 Å². The van der Waals surface area contributed by atoms with Gasteiger partial charge >= 0.3 is 0 Å². The number of nitrogens with zero attached hydrogens (tertiary/aromatic N) is 2. The Bertz CT molecular complexity index is 479. The van der Waals surface area contributed by atoms with Crippen LogP contribution in [-0.2, 0) is 6.54 Å². The molecule has 3 rings (SSSR count). The molecule has 2 fully saturated rings. The molecule has 4 heteroatoms. The van der Waals surface area contributed by atoms with Crippen molar-refractivity contribution in [2.75, 3.05) is 26.2 Å². The third-order valence-corrected chi connectivity index (χ3v) is 4.78. The summed E-state index contributed by atoms with van der Waals surface area (Å²) in [6.45, 7) is 4.71. The van der Waals surface area contributed by atoms with Gasteiger partial charge in [-0.3, -0.25) is 9.69 Å². The Balaban J connectivity index is 1.65. The fourth-order valence-corrected chi connectivity index (χ4v) is 3.51. The lowest BCUT2D eigenvalue weighted by molar-refractivity contribution is 0.0608. The Hall–Kier alpha value is -1.39. The van der Waals surface area contributed by atoms with Gasteiger partial charge in [0.2, 0.25) is 0 Å². The molecule has 0 aliphatic carbocycles. The molecule has 1 amide bonds. The van der Waals surface area contributed by atoms with Gasteiger partial charge in [-0.25, -0.2) is 0 Å². The van der Waals surface area contributed by atoms with Crippen molar-refractivity contribution in [1.82, 2.24) is 9.80 Å². The van der Waals surface area contributed by atoms with Crippen LogP contribution in [0.2, 0.25) is 0 Å². The Morgan fingerprint density at radius 3 is 2.48 bits per heavy atom. The van der Waals surface area contributed by atoms with Crippen molar-refractivity contribution in [2.24, 2.45) is 5.73 Å². The molecule has 1 aromatic carbocycles. The highest BCUT2D eigenvalue weighted by Crippen LogP contribution is 2.21. The molecular weight excluding hydrogens is 262 g/mol. The number of piperidine rings is 1. The molecule has 0 unspecified atom stereocenters. The lowest BCUT2D eigenvalue weighted by Gasteiger charge is -2.37. The first kappa shape index (κ1) is 14.5. The average molecular weight is 287 g/mol. The summed E-state index contributed by atoms with van der Waals surface area (Å²) in [6.07, 6.45) is 4.97. The number of carbonyl (C=O) groups is 1. The van der Waals surface area contributed by atoms with E-state index in [0.717, 1.165) is 30.6 Å². The Labute approximate surface area is 126 Å². The number of hydrogen-bond donors (Lipinski definition) is 1. The van der Waals surface area contributed by atoms with E-state index < -0.39 is 0 Å². The molecule has 0 bridgehead atoms. The van der Waals surface area contributed by atoms with Crippen molar-refractivity contribution >= 4 is 5.91 Å². The van der Waals surface area contributed by atoms with E-state index in [-0.39, 0.29) is 5.91 Å². The van der Waals surface area contributed by atoms with Crippen LogP contribution >= 0.6 is 0 Å². The number of nitrogens with two attached hydrogens (primary N) is 1. The van der Waals surface area contributed by atoms with Crippen molar-refractivity contribution in [3.05, 3.63) is 35.4 Å². The molecule has 2 heterocycles. The molecule has 114 valence electrons. The Morgan fingerprint density at radius 2 is 1.81 bits per heavy atom. The summed E-state index contributed by atoms with van der Waals surface area (Å²) in [5.74, 6) is 0.169. The van der Waals surface area contributed by atoms with Crippen LogP contribution in [-0.4, -0.2) is 47.9 Å². The van der Waals surface area contributed by atoms with Gasteiger partial charge in [0.05, 0.1) is 0 Å². The monoisotopic (exact) mass is 287 g/mol. The zero-order valence-corrected chi connectivity index (χ0v) is 12.6. The minimum absolute atomic E-state index is 0.169. The minimum atomic E-state index is 0.169. The van der Waals surface area contributed by atoms with E-state index in [4.69, 9.17) is 5.73 Å². The van der Waals surface area contributed by atoms with E-state index in [2.05, 4.69) is 4.90 Å². The van der Waals surface area contributed by atoms with Crippen LogP contribution in [0.4, 0.5) is 0 Å². The van der Waals surface area contributed by atoms with E-state index in [9.17, 15) is 4.79 Å². The van der Waals surface area contributed by atoms with E-state index in [1.54, 1.807) is 0 Å². The second-order valence-corrected chi connectivity index (χ2v) is 6.19. The van der Waals surface area contributed by atoms with E-state index in [1.165, 1.54) is 32.4 Å². The first-order valence-electron chi connectivity index (χ1n) is 8.10. The van der Waals surface area contributed by atoms with Gasteiger partial charge < -0.3 is 10.6 Å². The maximum absolute atomic E-state index is 12.6. The molecule has 2 aliphatic rings. The number of benzene rings is 1. The lowest BCUT2D eigenvalue weighted by Crippen LogP contribution is -2.48. The predicted molar refractivity (Wildman–Crippen MR) is 84.1 cm³/mol. The molecule has 0 spiro atoms. The highest BCUT2D eigenvalue weighted by atomic mass is 16.2. The molecule has 0 saturated carbocycles. The van der Waals surface area contributed by atoms with Crippen molar-refractivity contribution in [1.29, 1.82) is 0 Å². The van der Waals surface area contributed by atoms with Crippen LogP contribution in [0.1, 0.15) is 41.6 Å². The van der Waals surface area contributed by atoms with Gasteiger partial charge in [-0.15, -0.1) is 0 Å². The summed E-state index contributed by atoms with van der Waals surface area (Å²) in [4.78, 5) is 17.2. The number of hydrogen-bond acceptors (Lipinski definition) is 3. The standard InChI is InChI=1S/C17H25N3O/c18-12-14-5-7-15(8-6-14)17(21)20-11-3-4-16(13-20)19-9-1-2-10-19/h5-8,16H,1-4,9-13,18H2/t16-/m1/s1. The molecule has 21 heavy (non-hydrogen) atoms. The van der Waals surface area contributed by atoms with Crippen LogP contribution in [0.3, 0.4) is 0 Å². The zero-order valence-electron chi connectivity index (χ0n) is 12.6. The quantitative estimate of drug-likeness (QED) is 0.923. The first-order valence-corrected chi connectivity index (χ1v) is 8.10. The smallest absolute Gasteiger partial charge is 0.253 e. The number of likely N-dealkylation sites (tertiary alicyclic amines) is 2. The van der Waals surface area contributed by atoms with Gasteiger partial charge in [-0.1, -0.05) is 12.1 Å². The molecule has 1 aromatic rings. The zero-order chi connectivity index (χ0) is 14.7. The highest BCUT2D eigenvalue weighted by Gasteiger charge is 2.29. The van der Waals surface area contributed by atoms with Gasteiger partial charge in [0.25, 0.3) is 5.91 Å². The van der Waals surface area contributed by atoms with Crippen molar-refractivity contribution < 1.29 is 4.79 Å². The fourth-order valence-electron chi connectivity index (χ4n) is 3.51. The summed E-state index contributed by atoms with van der Waals surface area (Å²) in [5.41, 5.74) is 7.46. The van der Waals surface area contributed by atoms with Crippen LogP contribution in [0.5, 0.6) is 0 Å². The topological polar surface area (TPSA) is 49.6 Å². The molecule has 0 radical (unpaired) electrons. The molecule has 4 nitrogen and oxygen atoms in total. The van der Waals surface area contributed by atoms with Crippen LogP contribution in [0, 0.1) is 0 Å². The van der Waals surface area contributed by atoms with Gasteiger partial charge in [0.1, 0.15) is 0 Å². The Morgan fingerprint density at radius 1 is 1.10 bits per heavy atom. The van der Waals surface area contributed by atoms with Crippen molar-refractivity contribution in [3.63, 3.8) is 0 Å². The van der Waals surface area contributed by atoms with Crippen LogP contribution in [0.15, 0.2) is 24.3 Å². The van der Waals surface area contributed by atoms with Gasteiger partial charge in [-0.05, 0) is 56.5 Å². The summed E-state index contributed by atoms with van der Waals surface area (Å²) < 4.78 is 0. The third-order valence-electron chi connectivity index (χ3n) is 4.78. The summed E-state index contributed by atoms with van der Waals surface area (Å²) >= 11 is 0. The first-order chi connectivity index (χ1) is 10.3. The second kappa shape index (κ2) is 6.58. The maximum atomic E-state index is 12.6. The normalized spacial score (nSPS) is 23.5. The van der Waals surface area contributed by atoms with E-state index in [0.29, 0.717) is 12.6 Å². The van der Waals surface area contributed by atoms with Gasteiger partial charge in [0.15, 0.2) is 0 Å². The molecule has 2 aliphatic heterocycles. The Kier molecular flexibility index (Phi) is 4.56. The van der Waals surface area contributed by atoms with Gasteiger partial charge in [0, 0.05) is 31.2 Å². The molecule has 2 N–H and O–H groups in total. The fraction of sp³-hybridized carbons (Fsp3) is 0.588. The second-order valence-electron chi connectivity index (χ2n) is 6.19. The third kappa shape index (κ3) is 3.27. The summed E-state index contributed by atoms with van der Waals surface area (Å²) in [7, 11) is 0. The largest absolute Gasteiger partial charge is 0.337 e. The molecular formula is C17H25N3O. The SMILES string of the molecule is NCc1ccc(C(=O)N2CCC[C@@H](N3CCCC3)C2)cc1. The number of amides is 1. The lowest BCUT2D eigenvalue weighted by atomic mass is 10.0. The van der Waals surface area contributed by atoms with E-state index >= 15 is 0 Å². The summed E-state index contributed by atoms with van der Waals surface area (Å²) in [5, 5.41) is 0. The summed E-state index contributed by atoms with van der Waals surface area (Å²) in [6, 6.07) is 8.28. The van der Waals surface area contributed by atoms with Crippen LogP contribution in [0.25, 0.3) is 0 Å². The maximum Gasteiger partial charge on any atom is 0.253 e. The minimum Gasteiger partial charge on any atom is -0.337 e. The number of rotatable bonds is 3. The molecule has 0 aromatic heterocycles. The highest BCUT2D eigenvalue weighted by molar-refractivity contribution is 5.94.